The molecule has 166 valence electrons. The molecule has 8 heteroatoms. The Kier molecular flexibility index (Phi) is 5.92. The second-order valence-electron chi connectivity index (χ2n) is 8.22. The van der Waals surface area contributed by atoms with Crippen LogP contribution in [-0.2, 0) is 9.47 Å². The van der Waals surface area contributed by atoms with Crippen LogP contribution in [0.2, 0.25) is 0 Å². The average molecular weight is 469 g/mol. The molecule has 4 rings (SSSR count). The first-order valence-electron chi connectivity index (χ1n) is 10.3. The lowest BCUT2D eigenvalue weighted by atomic mass is 10.2. The summed E-state index contributed by atoms with van der Waals surface area (Å²) >= 11 is 2.84. The molecule has 3 heterocycles. The number of thiophene rings is 1. The first-order valence-corrected chi connectivity index (χ1v) is 11.9. The Morgan fingerprint density at radius 1 is 1.06 bits per heavy atom. The Bertz CT molecular complexity index is 1310. The van der Waals surface area contributed by atoms with Crippen LogP contribution in [0, 0.1) is 6.92 Å². The molecular formula is C24H24N2O4S2. The second kappa shape index (κ2) is 8.52. The molecule has 1 aromatic carbocycles. The summed E-state index contributed by atoms with van der Waals surface area (Å²) in [5.41, 5.74) is 1.60. The minimum Gasteiger partial charge on any atom is -0.462 e. The van der Waals surface area contributed by atoms with Gasteiger partial charge in [-0.1, -0.05) is 18.2 Å². The van der Waals surface area contributed by atoms with Crippen LogP contribution >= 0.6 is 22.7 Å². The number of aryl methyl sites for hydroxylation is 1. The molecule has 0 fully saturated rings. The number of para-hydroxylation sites is 1. The van der Waals surface area contributed by atoms with Crippen LogP contribution in [0.1, 0.15) is 43.1 Å². The number of rotatable bonds is 4. The van der Waals surface area contributed by atoms with Crippen molar-refractivity contribution in [3.05, 3.63) is 53.0 Å². The zero-order valence-corrected chi connectivity index (χ0v) is 20.2. The Morgan fingerprint density at radius 3 is 2.50 bits per heavy atom. The summed E-state index contributed by atoms with van der Waals surface area (Å²) in [6.07, 6.45) is -0.418. The van der Waals surface area contributed by atoms with E-state index in [0.29, 0.717) is 17.2 Å². The fraction of sp³-hybridized carbons (Fsp3) is 0.292. The molecule has 0 aliphatic rings. The predicted molar refractivity (Wildman–Crippen MR) is 129 cm³/mol. The standard InChI is InChI=1S/C24H24N2O4S2/c1-6-29-22(27)20-14(2)25-21(32-20)19-12-11-18(31-19)17-13-15-9-7-8-10-16(15)26(17)23(28)30-24(3,4)5/h7-13H,6H2,1-5H3. The van der Waals surface area contributed by atoms with Crippen molar-refractivity contribution in [2.75, 3.05) is 6.61 Å². The SMILES string of the molecule is CCOC(=O)c1sc(-c2ccc(-c3cc4ccccc4n3C(=O)OC(C)(C)C)s2)nc1C. The number of benzene rings is 1. The van der Waals surface area contributed by atoms with E-state index in [-0.39, 0.29) is 5.97 Å². The third-order valence-electron chi connectivity index (χ3n) is 4.61. The molecule has 0 spiro atoms. The average Bonchev–Trinajstić information content (AvgIpc) is 3.42. The van der Waals surface area contributed by atoms with Gasteiger partial charge in [-0.25, -0.2) is 19.1 Å². The van der Waals surface area contributed by atoms with Crippen LogP contribution in [0.5, 0.6) is 0 Å². The van der Waals surface area contributed by atoms with Crippen LogP contribution in [0.15, 0.2) is 42.5 Å². The van der Waals surface area contributed by atoms with Crippen molar-refractivity contribution in [1.82, 2.24) is 9.55 Å². The van der Waals surface area contributed by atoms with Crippen molar-refractivity contribution in [3.8, 4) is 20.5 Å². The molecule has 0 aliphatic heterocycles. The molecule has 0 amide bonds. The van der Waals surface area contributed by atoms with Crippen molar-refractivity contribution in [2.45, 2.75) is 40.2 Å². The van der Waals surface area contributed by atoms with E-state index in [1.165, 1.54) is 22.7 Å². The third-order valence-corrected chi connectivity index (χ3v) is 7.03. The van der Waals surface area contributed by atoms with Gasteiger partial charge >= 0.3 is 12.1 Å². The summed E-state index contributed by atoms with van der Waals surface area (Å²) < 4.78 is 12.4. The number of nitrogens with zero attached hydrogens (tertiary/aromatic N) is 2. The Labute approximate surface area is 194 Å². The van der Waals surface area contributed by atoms with Gasteiger partial charge in [0.2, 0.25) is 0 Å². The summed E-state index contributed by atoms with van der Waals surface area (Å²) in [5, 5.41) is 1.71. The van der Waals surface area contributed by atoms with Gasteiger partial charge in [0.05, 0.1) is 33.3 Å². The summed E-state index contributed by atoms with van der Waals surface area (Å²) in [6, 6.07) is 13.7. The molecule has 0 unspecified atom stereocenters. The van der Waals surface area contributed by atoms with E-state index in [2.05, 4.69) is 4.98 Å². The number of aromatic nitrogens is 2. The lowest BCUT2D eigenvalue weighted by molar-refractivity contribution is 0.0525. The molecule has 0 radical (unpaired) electrons. The number of hydrogen-bond acceptors (Lipinski definition) is 7. The molecule has 4 aromatic rings. The third kappa shape index (κ3) is 4.33. The first-order chi connectivity index (χ1) is 15.2. The van der Waals surface area contributed by atoms with E-state index in [0.717, 1.165) is 31.4 Å². The van der Waals surface area contributed by atoms with Gasteiger partial charge in [-0.2, -0.15) is 0 Å². The summed E-state index contributed by atoms with van der Waals surface area (Å²) in [7, 11) is 0. The van der Waals surface area contributed by atoms with E-state index in [1.54, 1.807) is 18.4 Å². The minimum atomic E-state index is -0.609. The highest BCUT2D eigenvalue weighted by Gasteiger charge is 2.24. The highest BCUT2D eigenvalue weighted by Crippen LogP contribution is 2.39. The summed E-state index contributed by atoms with van der Waals surface area (Å²) in [6.45, 7) is 9.47. The molecule has 0 saturated heterocycles. The van der Waals surface area contributed by atoms with Crippen LogP contribution in [0.25, 0.3) is 31.4 Å². The summed E-state index contributed by atoms with van der Waals surface area (Å²) in [4.78, 5) is 32.2. The van der Waals surface area contributed by atoms with Gasteiger partial charge in [0.25, 0.3) is 0 Å². The molecule has 32 heavy (non-hydrogen) atoms. The molecule has 0 bridgehead atoms. The molecule has 0 aliphatic carbocycles. The zero-order valence-electron chi connectivity index (χ0n) is 18.6. The predicted octanol–water partition coefficient (Wildman–Crippen LogP) is 6.76. The van der Waals surface area contributed by atoms with Crippen molar-refractivity contribution in [2.24, 2.45) is 0 Å². The second-order valence-corrected chi connectivity index (χ2v) is 10.3. The molecule has 3 aromatic heterocycles. The highest BCUT2D eigenvalue weighted by molar-refractivity contribution is 7.24. The van der Waals surface area contributed by atoms with Crippen molar-refractivity contribution in [1.29, 1.82) is 0 Å². The number of thiazole rings is 1. The van der Waals surface area contributed by atoms with Crippen molar-refractivity contribution in [3.63, 3.8) is 0 Å². The van der Waals surface area contributed by atoms with Crippen molar-refractivity contribution < 1.29 is 19.1 Å². The highest BCUT2D eigenvalue weighted by atomic mass is 32.1. The smallest absolute Gasteiger partial charge is 0.419 e. The Morgan fingerprint density at radius 2 is 1.78 bits per heavy atom. The number of ether oxygens (including phenoxy) is 2. The van der Waals surface area contributed by atoms with E-state index in [1.807, 2.05) is 63.2 Å². The minimum absolute atomic E-state index is 0.323. The van der Waals surface area contributed by atoms with Crippen LogP contribution < -0.4 is 0 Å². The first kappa shape index (κ1) is 22.2. The van der Waals surface area contributed by atoms with Gasteiger partial charge in [-0.3, -0.25) is 0 Å². The van der Waals surface area contributed by atoms with Gasteiger partial charge in [0, 0.05) is 5.39 Å². The monoisotopic (exact) mass is 468 g/mol. The number of hydrogen-bond donors (Lipinski definition) is 0. The van der Waals surface area contributed by atoms with Gasteiger partial charge in [0.1, 0.15) is 15.5 Å². The molecule has 0 saturated carbocycles. The van der Waals surface area contributed by atoms with Crippen LogP contribution in [0.3, 0.4) is 0 Å². The van der Waals surface area contributed by atoms with E-state index >= 15 is 0 Å². The van der Waals surface area contributed by atoms with E-state index in [9.17, 15) is 9.59 Å². The summed E-state index contributed by atoms with van der Waals surface area (Å²) in [5.74, 6) is -0.351. The van der Waals surface area contributed by atoms with E-state index < -0.39 is 11.7 Å². The lowest BCUT2D eigenvalue weighted by Crippen LogP contribution is -2.27. The molecule has 0 N–H and O–H groups in total. The molecular weight excluding hydrogens is 444 g/mol. The normalized spacial score (nSPS) is 11.7. The topological polar surface area (TPSA) is 70.4 Å². The zero-order chi connectivity index (χ0) is 23.0. The maximum atomic E-state index is 13.1. The van der Waals surface area contributed by atoms with E-state index in [4.69, 9.17) is 9.47 Å². The van der Waals surface area contributed by atoms with Gasteiger partial charge in [-0.05, 0) is 58.9 Å². The number of fused-ring (bicyclic) bond motifs is 1. The fourth-order valence-electron chi connectivity index (χ4n) is 3.32. The number of carbonyl (C=O) groups is 2. The van der Waals surface area contributed by atoms with Crippen molar-refractivity contribution >= 4 is 45.6 Å². The Hall–Kier alpha value is -2.97. The lowest BCUT2D eigenvalue weighted by Gasteiger charge is -2.20. The Balaban J connectivity index is 1.76. The van der Waals surface area contributed by atoms with Gasteiger partial charge < -0.3 is 9.47 Å². The fourth-order valence-corrected chi connectivity index (χ4v) is 5.35. The quantitative estimate of drug-likeness (QED) is 0.309. The maximum Gasteiger partial charge on any atom is 0.419 e. The van der Waals surface area contributed by atoms with Gasteiger partial charge in [-0.15, -0.1) is 22.7 Å². The number of carbonyl (C=O) groups excluding carboxylic acids is 2. The molecule has 0 atom stereocenters. The van der Waals surface area contributed by atoms with Crippen LogP contribution in [0.4, 0.5) is 4.79 Å². The largest absolute Gasteiger partial charge is 0.462 e. The maximum absolute atomic E-state index is 13.1. The van der Waals surface area contributed by atoms with Gasteiger partial charge in [0.15, 0.2) is 0 Å². The number of esters is 1. The molecule has 6 nitrogen and oxygen atoms in total. The van der Waals surface area contributed by atoms with Crippen LogP contribution in [-0.4, -0.2) is 33.8 Å².